The number of carbonyl (C=O) groups is 5. The Kier molecular flexibility index (Phi) is 5.64. The van der Waals surface area contributed by atoms with Crippen LogP contribution in [0.4, 0.5) is 0 Å². The fourth-order valence-electron chi connectivity index (χ4n) is 3.18. The largest absolute Gasteiger partial charge is 0.516 e. The molecule has 1 aliphatic rings. The van der Waals surface area contributed by atoms with Crippen LogP contribution in [-0.4, -0.2) is 37.8 Å². The van der Waals surface area contributed by atoms with E-state index in [1.807, 2.05) is 19.6 Å². The zero-order valence-electron chi connectivity index (χ0n) is 17.7. The fraction of sp³-hybridized carbons (Fsp3) is 0.227. The molecule has 160 valence electrons. The molecule has 31 heavy (non-hydrogen) atoms. The van der Waals surface area contributed by atoms with Crippen molar-refractivity contribution < 1.29 is 37.9 Å². The number of esters is 2. The van der Waals surface area contributed by atoms with Crippen LogP contribution in [0.15, 0.2) is 30.3 Å². The van der Waals surface area contributed by atoms with Gasteiger partial charge in [0.2, 0.25) is 14.1 Å². The molecule has 0 bridgehead atoms. The maximum atomic E-state index is 13.3. The molecule has 0 amide bonds. The van der Waals surface area contributed by atoms with Crippen LogP contribution in [0.3, 0.4) is 0 Å². The van der Waals surface area contributed by atoms with E-state index in [0.29, 0.717) is 0 Å². The second-order valence-corrected chi connectivity index (χ2v) is 12.4. The summed E-state index contributed by atoms with van der Waals surface area (Å²) in [6, 6.07) is 6.75. The highest BCUT2D eigenvalue weighted by molar-refractivity contribution is 6.71. The predicted molar refractivity (Wildman–Crippen MR) is 111 cm³/mol. The van der Waals surface area contributed by atoms with Gasteiger partial charge in [0, 0.05) is 25.0 Å². The van der Waals surface area contributed by atoms with Crippen LogP contribution in [0.25, 0.3) is 0 Å². The Hall–Kier alpha value is -3.59. The van der Waals surface area contributed by atoms with Gasteiger partial charge in [0.15, 0.2) is 5.78 Å². The Balaban J connectivity index is 2.23. The number of hydrogen-bond acceptors (Lipinski definition) is 8. The minimum absolute atomic E-state index is 0.0146. The molecule has 3 rings (SSSR count). The Morgan fingerprint density at radius 1 is 0.774 bits per heavy atom. The molecule has 8 nitrogen and oxygen atoms in total. The topological polar surface area (TPSA) is 113 Å². The number of hydrogen-bond donors (Lipinski definition) is 0. The van der Waals surface area contributed by atoms with Crippen LogP contribution >= 0.6 is 0 Å². The molecule has 0 saturated heterocycles. The molecule has 2 aromatic rings. The molecular formula is C22H20O8Si. The number of rotatable bonds is 4. The number of ketones is 2. The molecule has 0 aromatic heterocycles. The third-order valence-corrected chi connectivity index (χ3v) is 5.01. The van der Waals surface area contributed by atoms with Crippen molar-refractivity contribution in [3.63, 3.8) is 0 Å². The van der Waals surface area contributed by atoms with Crippen molar-refractivity contribution in [1.82, 2.24) is 0 Å². The molecule has 1 aliphatic carbocycles. The van der Waals surface area contributed by atoms with Crippen molar-refractivity contribution in [3.05, 3.63) is 58.1 Å². The maximum absolute atomic E-state index is 13.3. The number of carbonyl (C=O) groups excluding carboxylic acids is 5. The minimum atomic E-state index is -2.26. The molecule has 0 unspecified atom stereocenters. The molecule has 9 heteroatoms. The van der Waals surface area contributed by atoms with E-state index in [-0.39, 0.29) is 39.3 Å². The Morgan fingerprint density at radius 2 is 1.35 bits per heavy atom. The van der Waals surface area contributed by atoms with Gasteiger partial charge in [0.1, 0.15) is 11.5 Å². The second-order valence-electron chi connectivity index (χ2n) is 7.92. The summed E-state index contributed by atoms with van der Waals surface area (Å²) in [5, 5.41) is 0. The average Bonchev–Trinajstić information content (AvgIpc) is 2.63. The van der Waals surface area contributed by atoms with E-state index in [4.69, 9.17) is 13.9 Å². The van der Waals surface area contributed by atoms with Crippen LogP contribution in [0.5, 0.6) is 11.5 Å². The van der Waals surface area contributed by atoms with E-state index in [9.17, 15) is 24.0 Å². The van der Waals surface area contributed by atoms with E-state index in [2.05, 4.69) is 0 Å². The van der Waals surface area contributed by atoms with Crippen LogP contribution in [0, 0.1) is 0 Å². The van der Waals surface area contributed by atoms with Gasteiger partial charge >= 0.3 is 17.9 Å². The quantitative estimate of drug-likeness (QED) is 0.345. The maximum Gasteiger partial charge on any atom is 0.324 e. The summed E-state index contributed by atoms with van der Waals surface area (Å²) in [7, 11) is -2.26. The fourth-order valence-corrected chi connectivity index (χ4v) is 3.86. The normalized spacial score (nSPS) is 12.5. The molecule has 0 heterocycles. The molecule has 0 saturated carbocycles. The van der Waals surface area contributed by atoms with Crippen LogP contribution < -0.4 is 9.47 Å². The lowest BCUT2D eigenvalue weighted by Crippen LogP contribution is -2.30. The lowest BCUT2D eigenvalue weighted by molar-refractivity contribution is -0.132. The summed E-state index contributed by atoms with van der Waals surface area (Å²) in [6.45, 7) is 7.75. The van der Waals surface area contributed by atoms with Gasteiger partial charge in [0.05, 0.1) is 16.7 Å². The molecule has 0 atom stereocenters. The summed E-state index contributed by atoms with van der Waals surface area (Å²) < 4.78 is 15.7. The highest BCUT2D eigenvalue weighted by Crippen LogP contribution is 2.38. The molecule has 0 fully saturated rings. The predicted octanol–water partition coefficient (Wildman–Crippen LogP) is 3.30. The van der Waals surface area contributed by atoms with Gasteiger partial charge in [0.25, 0.3) is 0 Å². The Bertz CT molecular complexity index is 1160. The third-order valence-electron chi connectivity index (χ3n) is 4.21. The summed E-state index contributed by atoms with van der Waals surface area (Å²) in [5.74, 6) is -3.65. The van der Waals surface area contributed by atoms with E-state index in [0.717, 1.165) is 6.92 Å². The summed E-state index contributed by atoms with van der Waals surface area (Å²) in [6.07, 6.45) is 0. The monoisotopic (exact) mass is 440 g/mol. The molecule has 0 aliphatic heterocycles. The van der Waals surface area contributed by atoms with Gasteiger partial charge in [-0.1, -0.05) is 12.1 Å². The molecule has 2 aromatic carbocycles. The van der Waals surface area contributed by atoms with E-state index >= 15 is 0 Å². The number of benzene rings is 2. The summed E-state index contributed by atoms with van der Waals surface area (Å²) >= 11 is 0. The van der Waals surface area contributed by atoms with E-state index in [1.165, 1.54) is 37.3 Å². The smallest absolute Gasteiger partial charge is 0.324 e. The highest BCUT2D eigenvalue weighted by Gasteiger charge is 2.37. The van der Waals surface area contributed by atoms with Gasteiger partial charge in [-0.15, -0.1) is 0 Å². The van der Waals surface area contributed by atoms with Gasteiger partial charge < -0.3 is 13.9 Å². The summed E-state index contributed by atoms with van der Waals surface area (Å²) in [4.78, 5) is 62.2. The van der Waals surface area contributed by atoms with Crippen molar-refractivity contribution >= 4 is 37.8 Å². The Labute approximate surface area is 179 Å². The van der Waals surface area contributed by atoms with Crippen molar-refractivity contribution in [1.29, 1.82) is 0 Å². The van der Waals surface area contributed by atoms with E-state index in [1.54, 1.807) is 0 Å². The van der Waals surface area contributed by atoms with Crippen LogP contribution in [0.2, 0.25) is 19.6 Å². The zero-order valence-corrected chi connectivity index (χ0v) is 18.7. The third kappa shape index (κ3) is 4.46. The van der Waals surface area contributed by atoms with E-state index < -0.39 is 37.8 Å². The second kappa shape index (κ2) is 7.92. The standard InChI is InChI=1S/C22H20O8Si/c1-11(23)28-16-8-6-7-14-18(16)21(26)19-15(20(14)25)9-13(10-17(19)29-12(2)24)22(27)30-31(3,4)5/h6-10H,1-5H3. The first-order valence-corrected chi connectivity index (χ1v) is 12.8. The van der Waals surface area contributed by atoms with Crippen molar-refractivity contribution in [2.24, 2.45) is 0 Å². The highest BCUT2D eigenvalue weighted by atomic mass is 28.4. The Morgan fingerprint density at radius 3 is 1.94 bits per heavy atom. The molecule has 0 N–H and O–H groups in total. The van der Waals surface area contributed by atoms with Crippen molar-refractivity contribution in [3.8, 4) is 11.5 Å². The van der Waals surface area contributed by atoms with Gasteiger partial charge in [-0.25, -0.2) is 4.79 Å². The molecular weight excluding hydrogens is 420 g/mol. The van der Waals surface area contributed by atoms with Crippen LogP contribution in [0.1, 0.15) is 56.0 Å². The first-order chi connectivity index (χ1) is 14.4. The van der Waals surface area contributed by atoms with Gasteiger partial charge in [-0.3, -0.25) is 19.2 Å². The van der Waals surface area contributed by atoms with Crippen molar-refractivity contribution in [2.45, 2.75) is 33.5 Å². The molecule has 0 radical (unpaired) electrons. The zero-order chi connectivity index (χ0) is 23.1. The summed E-state index contributed by atoms with van der Waals surface area (Å²) in [5.41, 5.74) is -0.393. The average molecular weight is 440 g/mol. The SMILES string of the molecule is CC(=O)Oc1cccc2c1C(=O)c1c(OC(C)=O)cc(C(=O)O[Si](C)(C)C)cc1C2=O. The number of fused-ring (bicyclic) bond motifs is 2. The van der Waals surface area contributed by atoms with Crippen LogP contribution in [-0.2, 0) is 14.0 Å². The first-order valence-electron chi connectivity index (χ1n) is 9.39. The van der Waals surface area contributed by atoms with Gasteiger partial charge in [-0.05, 0) is 37.8 Å². The molecule has 0 spiro atoms. The lowest BCUT2D eigenvalue weighted by atomic mass is 9.82. The minimum Gasteiger partial charge on any atom is -0.516 e. The van der Waals surface area contributed by atoms with Gasteiger partial charge in [-0.2, -0.15) is 0 Å². The number of ether oxygens (including phenoxy) is 2. The first kappa shape index (κ1) is 22.1. The van der Waals surface area contributed by atoms with Crippen molar-refractivity contribution in [2.75, 3.05) is 0 Å². The lowest BCUT2D eigenvalue weighted by Gasteiger charge is -2.23.